The van der Waals surface area contributed by atoms with Gasteiger partial charge in [0.2, 0.25) is 5.91 Å². The summed E-state index contributed by atoms with van der Waals surface area (Å²) >= 11 is 6.11. The lowest BCUT2D eigenvalue weighted by Gasteiger charge is -2.30. The van der Waals surface area contributed by atoms with E-state index in [4.69, 9.17) is 11.6 Å². The minimum atomic E-state index is -0.379. The lowest BCUT2D eigenvalue weighted by atomic mass is 10.0. The van der Waals surface area contributed by atoms with Crippen LogP contribution in [0.15, 0.2) is 35.1 Å². The maximum absolute atomic E-state index is 13.0. The third kappa shape index (κ3) is 3.54. The fraction of sp³-hybridized carbons (Fsp3) is 0.400. The zero-order valence-corrected chi connectivity index (χ0v) is 16.7. The maximum atomic E-state index is 13.0. The van der Waals surface area contributed by atoms with Gasteiger partial charge in [-0.1, -0.05) is 30.7 Å². The second-order valence-electron chi connectivity index (χ2n) is 7.45. The molecule has 1 saturated heterocycles. The highest BCUT2D eigenvalue weighted by Crippen LogP contribution is 2.21. The van der Waals surface area contributed by atoms with Crippen LogP contribution < -0.4 is 5.69 Å². The quantitative estimate of drug-likeness (QED) is 0.678. The number of fused-ring (bicyclic) bond motifs is 1. The van der Waals surface area contributed by atoms with Gasteiger partial charge in [0.05, 0.1) is 0 Å². The standard InChI is InChI=1S/C20H22ClN5O2/c1-13-5-4-8-24(11-13)18(27)12-25-20(28)26-17(23-25)9-14(2)22-19(26)15-6-3-7-16(21)10-15/h3,6-7,9-10,13H,4-5,8,11-12H2,1-2H3/t13-/m0/s1. The zero-order chi connectivity index (χ0) is 19.8. The molecule has 0 spiro atoms. The van der Waals surface area contributed by atoms with Crippen LogP contribution >= 0.6 is 11.6 Å². The Bertz CT molecular complexity index is 1100. The first-order valence-corrected chi connectivity index (χ1v) is 9.81. The second-order valence-corrected chi connectivity index (χ2v) is 7.89. The molecular weight excluding hydrogens is 378 g/mol. The zero-order valence-electron chi connectivity index (χ0n) is 15.9. The third-order valence-electron chi connectivity index (χ3n) is 5.07. The van der Waals surface area contributed by atoms with Gasteiger partial charge < -0.3 is 4.90 Å². The molecule has 1 fully saturated rings. The highest BCUT2D eigenvalue weighted by atomic mass is 35.5. The van der Waals surface area contributed by atoms with Crippen molar-refractivity contribution in [3.8, 4) is 11.4 Å². The van der Waals surface area contributed by atoms with Gasteiger partial charge in [-0.05, 0) is 37.8 Å². The number of aryl methyl sites for hydroxylation is 1. The molecule has 7 nitrogen and oxygen atoms in total. The van der Waals surface area contributed by atoms with E-state index < -0.39 is 0 Å². The average molecular weight is 400 g/mol. The van der Waals surface area contributed by atoms with Gasteiger partial charge in [0.25, 0.3) is 0 Å². The van der Waals surface area contributed by atoms with Crippen LogP contribution in [0.4, 0.5) is 0 Å². The molecule has 1 aliphatic rings. The number of benzene rings is 1. The molecule has 1 aliphatic heterocycles. The fourth-order valence-electron chi connectivity index (χ4n) is 3.72. The molecule has 146 valence electrons. The molecule has 0 N–H and O–H groups in total. The van der Waals surface area contributed by atoms with Crippen LogP contribution in [0, 0.1) is 12.8 Å². The molecule has 0 saturated carbocycles. The molecule has 1 aromatic carbocycles. The van der Waals surface area contributed by atoms with E-state index >= 15 is 0 Å². The molecular formula is C20H22ClN5O2. The summed E-state index contributed by atoms with van der Waals surface area (Å²) in [5.74, 6) is 0.871. The van der Waals surface area contributed by atoms with Crippen LogP contribution in [-0.4, -0.2) is 43.1 Å². The van der Waals surface area contributed by atoms with Gasteiger partial charge in [0.1, 0.15) is 12.4 Å². The van der Waals surface area contributed by atoms with Gasteiger partial charge in [0, 0.05) is 35.4 Å². The first-order chi connectivity index (χ1) is 13.4. The predicted molar refractivity (Wildman–Crippen MR) is 107 cm³/mol. The first kappa shape index (κ1) is 18.7. The summed E-state index contributed by atoms with van der Waals surface area (Å²) in [6, 6.07) is 8.91. The van der Waals surface area contributed by atoms with Gasteiger partial charge in [-0.3, -0.25) is 4.79 Å². The summed E-state index contributed by atoms with van der Waals surface area (Å²) in [4.78, 5) is 32.1. The molecule has 28 heavy (non-hydrogen) atoms. The average Bonchev–Trinajstić information content (AvgIpc) is 2.96. The van der Waals surface area contributed by atoms with Gasteiger partial charge in [-0.25, -0.2) is 18.9 Å². The largest absolute Gasteiger partial charge is 0.352 e. The Morgan fingerprint density at radius 2 is 2.14 bits per heavy atom. The molecule has 1 atom stereocenters. The number of likely N-dealkylation sites (tertiary alicyclic amines) is 1. The Balaban J connectivity index is 1.74. The van der Waals surface area contributed by atoms with E-state index in [9.17, 15) is 9.59 Å². The molecule has 4 rings (SSSR count). The van der Waals surface area contributed by atoms with Crippen molar-refractivity contribution in [2.24, 2.45) is 5.92 Å². The first-order valence-electron chi connectivity index (χ1n) is 9.43. The molecule has 2 aromatic heterocycles. The molecule has 1 amide bonds. The molecule has 8 heteroatoms. The fourth-order valence-corrected chi connectivity index (χ4v) is 3.91. The summed E-state index contributed by atoms with van der Waals surface area (Å²) in [5.41, 5.74) is 1.54. The van der Waals surface area contributed by atoms with Crippen LogP contribution in [0.2, 0.25) is 5.02 Å². The van der Waals surface area contributed by atoms with Gasteiger partial charge in [-0.15, -0.1) is 5.10 Å². The van der Waals surface area contributed by atoms with Crippen molar-refractivity contribution >= 4 is 23.2 Å². The lowest BCUT2D eigenvalue weighted by molar-refractivity contribution is -0.133. The third-order valence-corrected chi connectivity index (χ3v) is 5.31. The number of hydrogen-bond donors (Lipinski definition) is 0. The smallest absolute Gasteiger partial charge is 0.341 e. The van der Waals surface area contributed by atoms with Crippen LogP contribution in [0.3, 0.4) is 0 Å². The predicted octanol–water partition coefficient (Wildman–Crippen LogP) is 2.78. The Labute approximate surface area is 167 Å². The monoisotopic (exact) mass is 399 g/mol. The van der Waals surface area contributed by atoms with Crippen LogP contribution in [0.5, 0.6) is 0 Å². The van der Waals surface area contributed by atoms with Crippen LogP contribution in [0.25, 0.3) is 17.0 Å². The number of carbonyl (C=O) groups is 1. The Kier molecular flexibility index (Phi) is 4.93. The van der Waals surface area contributed by atoms with Crippen molar-refractivity contribution in [1.82, 2.24) is 24.1 Å². The number of piperidine rings is 1. The number of carbonyl (C=O) groups excluding carboxylic acids is 1. The second kappa shape index (κ2) is 7.39. The van der Waals surface area contributed by atoms with Crippen molar-refractivity contribution in [1.29, 1.82) is 0 Å². The van der Waals surface area contributed by atoms with Crippen molar-refractivity contribution in [2.45, 2.75) is 33.2 Å². The number of nitrogens with zero attached hydrogens (tertiary/aromatic N) is 5. The van der Waals surface area contributed by atoms with E-state index in [-0.39, 0.29) is 18.1 Å². The summed E-state index contributed by atoms with van der Waals surface area (Å²) in [6.07, 6.45) is 2.13. The minimum absolute atomic E-state index is 0.0682. The highest BCUT2D eigenvalue weighted by molar-refractivity contribution is 6.30. The number of amides is 1. The Hall–Kier alpha value is -2.67. The van der Waals surface area contributed by atoms with Gasteiger partial charge >= 0.3 is 5.69 Å². The SMILES string of the molecule is Cc1cc2nn(CC(=O)N3CCC[C@H](C)C3)c(=O)n2c(-c2cccc(Cl)c2)n1. The number of halogens is 1. The number of rotatable bonds is 3. The maximum Gasteiger partial charge on any atom is 0.352 e. The number of hydrogen-bond acceptors (Lipinski definition) is 4. The highest BCUT2D eigenvalue weighted by Gasteiger charge is 2.23. The molecule has 0 radical (unpaired) electrons. The topological polar surface area (TPSA) is 72.5 Å². The van der Waals surface area contributed by atoms with E-state index in [0.717, 1.165) is 37.2 Å². The molecule has 0 bridgehead atoms. The minimum Gasteiger partial charge on any atom is -0.341 e. The van der Waals surface area contributed by atoms with Gasteiger partial charge in [-0.2, -0.15) is 0 Å². The van der Waals surface area contributed by atoms with E-state index in [0.29, 0.717) is 22.4 Å². The van der Waals surface area contributed by atoms with Crippen LogP contribution in [0.1, 0.15) is 25.5 Å². The summed E-state index contributed by atoms with van der Waals surface area (Å²) in [5, 5.41) is 4.94. The van der Waals surface area contributed by atoms with Crippen LogP contribution in [-0.2, 0) is 11.3 Å². The Morgan fingerprint density at radius 3 is 2.89 bits per heavy atom. The molecule has 3 aromatic rings. The summed E-state index contributed by atoms with van der Waals surface area (Å²) in [6.45, 7) is 5.39. The van der Waals surface area contributed by atoms with Crippen molar-refractivity contribution in [3.05, 3.63) is 51.5 Å². The van der Waals surface area contributed by atoms with E-state index in [2.05, 4.69) is 17.0 Å². The molecule has 3 heterocycles. The van der Waals surface area contributed by atoms with Gasteiger partial charge in [0.15, 0.2) is 5.65 Å². The number of aromatic nitrogens is 4. The Morgan fingerprint density at radius 1 is 1.32 bits per heavy atom. The van der Waals surface area contributed by atoms with Crippen molar-refractivity contribution < 1.29 is 4.79 Å². The van der Waals surface area contributed by atoms with Crippen molar-refractivity contribution in [3.63, 3.8) is 0 Å². The summed E-state index contributed by atoms with van der Waals surface area (Å²) in [7, 11) is 0. The van der Waals surface area contributed by atoms with E-state index in [1.54, 1.807) is 18.2 Å². The lowest BCUT2D eigenvalue weighted by Crippen LogP contribution is -2.42. The molecule has 0 aliphatic carbocycles. The normalized spacial score (nSPS) is 17.2. The van der Waals surface area contributed by atoms with E-state index in [1.807, 2.05) is 24.0 Å². The summed E-state index contributed by atoms with van der Waals surface area (Å²) < 4.78 is 2.66. The van der Waals surface area contributed by atoms with E-state index in [1.165, 1.54) is 9.08 Å². The molecule has 0 unspecified atom stereocenters. The van der Waals surface area contributed by atoms with Crippen molar-refractivity contribution in [2.75, 3.05) is 13.1 Å².